The highest BCUT2D eigenvalue weighted by molar-refractivity contribution is 6.50. The lowest BCUT2D eigenvalue weighted by atomic mass is 10.0. The molecule has 1 aromatic carbocycles. The predicted octanol–water partition coefficient (Wildman–Crippen LogP) is 2.90. The largest absolute Gasteiger partial charge is 0.376 e. The van der Waals surface area contributed by atoms with Crippen LogP contribution in [0.3, 0.4) is 0 Å². The molecule has 1 aliphatic heterocycles. The molecule has 4 rings (SSSR count). The van der Waals surface area contributed by atoms with Crippen molar-refractivity contribution in [3.8, 4) is 0 Å². The maximum atomic E-state index is 14.7. The highest BCUT2D eigenvalue weighted by Gasteiger charge is 2.52. The Kier molecular flexibility index (Phi) is 6.61. The summed E-state index contributed by atoms with van der Waals surface area (Å²) >= 11 is 18.1. The molecule has 2 heterocycles. The monoisotopic (exact) mass is 518 g/mol. The van der Waals surface area contributed by atoms with E-state index >= 15 is 0 Å². The number of alkyl halides is 3. The van der Waals surface area contributed by atoms with Crippen molar-refractivity contribution in [3.63, 3.8) is 0 Å². The van der Waals surface area contributed by atoms with Crippen LogP contribution in [0.1, 0.15) is 29.8 Å². The number of likely N-dealkylation sites (tertiary alicyclic amines) is 1. The number of hydrogen-bond acceptors (Lipinski definition) is 5. The first-order valence-electron chi connectivity index (χ1n) is 10.4. The number of carbonyl (C=O) groups excluding carboxylic acids is 3. The molecule has 1 saturated carbocycles. The number of ether oxygens (including phenoxy) is 1. The van der Waals surface area contributed by atoms with E-state index < -0.39 is 34.5 Å². The summed E-state index contributed by atoms with van der Waals surface area (Å²) in [7, 11) is 1.30. The Bertz CT molecular complexity index is 1120. The molecule has 178 valence electrons. The standard InChI is InChI=1S/C21H22Cl3FN4O4/c1-33-19-13(25)8-28(18(19)15(30)5-2-10-7-21(10,23)24)16(31)9-29-14-6-11(22)3-4-12(14)17(27-29)20(26)32/h3-4,6,10,13,18-19H,2,5,7-9H2,1H3,(H2,26,32)/t10-,13-,18+,19+/m0/s1. The van der Waals surface area contributed by atoms with Crippen molar-refractivity contribution >= 4 is 63.3 Å². The molecule has 0 unspecified atom stereocenters. The number of fused-ring (bicyclic) bond motifs is 1. The maximum absolute atomic E-state index is 14.7. The molecular formula is C21H22Cl3FN4O4. The van der Waals surface area contributed by atoms with Crippen molar-refractivity contribution in [2.75, 3.05) is 13.7 Å². The first kappa shape index (κ1) is 24.2. The zero-order chi connectivity index (χ0) is 24.1. The van der Waals surface area contributed by atoms with E-state index in [0.29, 0.717) is 28.8 Å². The van der Waals surface area contributed by atoms with Gasteiger partial charge in [-0.15, -0.1) is 23.2 Å². The van der Waals surface area contributed by atoms with E-state index in [1.165, 1.54) is 16.7 Å². The summed E-state index contributed by atoms with van der Waals surface area (Å²) < 4.78 is 20.4. The quantitative estimate of drug-likeness (QED) is 0.540. The third-order valence-electron chi connectivity index (χ3n) is 6.22. The third-order valence-corrected chi connectivity index (χ3v) is 7.38. The number of benzene rings is 1. The lowest BCUT2D eigenvalue weighted by Gasteiger charge is -2.26. The third kappa shape index (κ3) is 4.69. The second-order valence-corrected chi connectivity index (χ2v) is 10.4. The number of ketones is 1. The molecule has 2 aliphatic rings. The number of aromatic nitrogens is 2. The number of methoxy groups -OCH3 is 1. The molecule has 12 heteroatoms. The van der Waals surface area contributed by atoms with Crippen LogP contribution in [0, 0.1) is 5.92 Å². The SMILES string of the molecule is CO[C@H]1[C@@H](C(=O)CC[C@H]2CC2(Cl)Cl)N(C(=O)Cn2nc(C(N)=O)c3ccc(Cl)cc32)C[C@@H]1F. The van der Waals surface area contributed by atoms with Crippen molar-refractivity contribution in [2.45, 2.75) is 48.5 Å². The molecule has 0 bridgehead atoms. The van der Waals surface area contributed by atoms with Gasteiger partial charge in [-0.1, -0.05) is 11.6 Å². The number of Topliss-reactive ketones (excluding diaryl/α,β-unsaturated/α-hetero) is 1. The molecule has 0 spiro atoms. The smallest absolute Gasteiger partial charge is 0.269 e. The van der Waals surface area contributed by atoms with Gasteiger partial charge in [-0.2, -0.15) is 5.10 Å². The van der Waals surface area contributed by atoms with Crippen LogP contribution in [0.5, 0.6) is 0 Å². The zero-order valence-electron chi connectivity index (χ0n) is 17.6. The Morgan fingerprint density at radius 2 is 2.03 bits per heavy atom. The van der Waals surface area contributed by atoms with E-state index in [1.54, 1.807) is 18.2 Å². The van der Waals surface area contributed by atoms with Gasteiger partial charge < -0.3 is 15.4 Å². The van der Waals surface area contributed by atoms with E-state index in [-0.39, 0.29) is 36.9 Å². The van der Waals surface area contributed by atoms with Crippen LogP contribution >= 0.6 is 34.8 Å². The van der Waals surface area contributed by atoms with Gasteiger partial charge in [0.2, 0.25) is 5.91 Å². The number of carbonyl (C=O) groups is 3. The number of rotatable bonds is 8. The van der Waals surface area contributed by atoms with Gasteiger partial charge in [0.1, 0.15) is 29.2 Å². The number of primary amides is 1. The first-order valence-corrected chi connectivity index (χ1v) is 11.5. The molecule has 2 N–H and O–H groups in total. The normalized spacial score (nSPS) is 26.0. The zero-order valence-corrected chi connectivity index (χ0v) is 19.9. The highest BCUT2D eigenvalue weighted by Crippen LogP contribution is 2.55. The topological polar surface area (TPSA) is 108 Å². The Labute approximate surface area is 204 Å². The van der Waals surface area contributed by atoms with E-state index in [0.717, 1.165) is 0 Å². The van der Waals surface area contributed by atoms with Crippen molar-refractivity contribution in [3.05, 3.63) is 28.9 Å². The summed E-state index contributed by atoms with van der Waals surface area (Å²) in [5, 5.41) is 4.96. The van der Waals surface area contributed by atoms with Crippen LogP contribution in [0.2, 0.25) is 5.02 Å². The summed E-state index contributed by atoms with van der Waals surface area (Å²) in [6.07, 6.45) is -1.48. The fourth-order valence-corrected chi connectivity index (χ4v) is 5.14. The first-order chi connectivity index (χ1) is 15.5. The van der Waals surface area contributed by atoms with Gasteiger partial charge in [-0.25, -0.2) is 4.39 Å². The Morgan fingerprint density at radius 3 is 2.64 bits per heavy atom. The second-order valence-electron chi connectivity index (χ2n) is 8.41. The van der Waals surface area contributed by atoms with Gasteiger partial charge in [0.15, 0.2) is 11.5 Å². The molecule has 2 fully saturated rings. The van der Waals surface area contributed by atoms with Gasteiger partial charge in [-0.05, 0) is 37.0 Å². The van der Waals surface area contributed by atoms with E-state index in [4.69, 9.17) is 45.3 Å². The van der Waals surface area contributed by atoms with E-state index in [1.807, 2.05) is 0 Å². The Balaban J connectivity index is 1.56. The maximum Gasteiger partial charge on any atom is 0.269 e. The van der Waals surface area contributed by atoms with Crippen molar-refractivity contribution < 1.29 is 23.5 Å². The van der Waals surface area contributed by atoms with Gasteiger partial charge >= 0.3 is 0 Å². The summed E-state index contributed by atoms with van der Waals surface area (Å²) in [5.41, 5.74) is 5.81. The minimum absolute atomic E-state index is 0.00934. The number of amides is 2. The molecule has 33 heavy (non-hydrogen) atoms. The fourth-order valence-electron chi connectivity index (χ4n) is 4.39. The number of hydrogen-bond donors (Lipinski definition) is 1. The van der Waals surface area contributed by atoms with Crippen LogP contribution in [0.4, 0.5) is 4.39 Å². The fraction of sp³-hybridized carbons (Fsp3) is 0.524. The van der Waals surface area contributed by atoms with Crippen LogP contribution in [-0.2, 0) is 20.9 Å². The minimum Gasteiger partial charge on any atom is -0.376 e. The molecule has 1 aromatic heterocycles. The molecule has 1 saturated heterocycles. The Morgan fingerprint density at radius 1 is 1.33 bits per heavy atom. The highest BCUT2D eigenvalue weighted by atomic mass is 35.5. The molecule has 0 radical (unpaired) electrons. The van der Waals surface area contributed by atoms with Crippen molar-refractivity contribution in [1.29, 1.82) is 0 Å². The summed E-state index contributed by atoms with van der Waals surface area (Å²) in [5.74, 6) is -1.64. The lowest BCUT2D eigenvalue weighted by molar-refractivity contribution is -0.140. The molecule has 4 atom stereocenters. The van der Waals surface area contributed by atoms with Crippen LogP contribution < -0.4 is 5.73 Å². The van der Waals surface area contributed by atoms with E-state index in [2.05, 4.69) is 5.10 Å². The van der Waals surface area contributed by atoms with Crippen molar-refractivity contribution in [1.82, 2.24) is 14.7 Å². The summed E-state index contributed by atoms with van der Waals surface area (Å²) in [6.45, 7) is -0.638. The molecule has 2 aromatic rings. The van der Waals surface area contributed by atoms with Gasteiger partial charge in [0.05, 0.1) is 12.1 Å². The van der Waals surface area contributed by atoms with Gasteiger partial charge in [0, 0.05) is 23.9 Å². The summed E-state index contributed by atoms with van der Waals surface area (Å²) in [4.78, 5) is 39.1. The van der Waals surface area contributed by atoms with Crippen LogP contribution in [-0.4, -0.2) is 68.6 Å². The summed E-state index contributed by atoms with van der Waals surface area (Å²) in [6, 6.07) is 3.62. The van der Waals surface area contributed by atoms with Gasteiger partial charge in [0.25, 0.3) is 5.91 Å². The number of nitrogens with zero attached hydrogens (tertiary/aromatic N) is 3. The molecule has 1 aliphatic carbocycles. The average molecular weight is 520 g/mol. The van der Waals surface area contributed by atoms with Gasteiger partial charge in [-0.3, -0.25) is 19.1 Å². The molecule has 8 nitrogen and oxygen atoms in total. The number of halogens is 4. The Hall–Kier alpha value is -1.94. The average Bonchev–Trinajstić information content (AvgIpc) is 3.06. The second kappa shape index (κ2) is 9.02. The minimum atomic E-state index is -1.53. The van der Waals surface area contributed by atoms with Crippen LogP contribution in [0.15, 0.2) is 18.2 Å². The molecule has 2 amide bonds. The predicted molar refractivity (Wildman–Crippen MR) is 121 cm³/mol. The van der Waals surface area contributed by atoms with Crippen LogP contribution in [0.25, 0.3) is 10.9 Å². The van der Waals surface area contributed by atoms with E-state index in [9.17, 15) is 18.8 Å². The lowest BCUT2D eigenvalue weighted by Crippen LogP contribution is -2.47. The number of nitrogens with two attached hydrogens (primary N) is 1. The van der Waals surface area contributed by atoms with Crippen molar-refractivity contribution in [2.24, 2.45) is 11.7 Å². The molecular weight excluding hydrogens is 498 g/mol.